The maximum Gasteiger partial charge on any atom is 0.282 e. The van der Waals surface area contributed by atoms with E-state index >= 15 is 0 Å². The number of carbonyl (C=O) groups is 2. The van der Waals surface area contributed by atoms with E-state index < -0.39 is 11.8 Å². The van der Waals surface area contributed by atoms with Crippen LogP contribution in [0.15, 0.2) is 59.6 Å². The van der Waals surface area contributed by atoms with E-state index in [4.69, 9.17) is 21.1 Å². The van der Waals surface area contributed by atoms with Gasteiger partial charge in [-0.15, -0.1) is 11.3 Å². The molecule has 3 aromatic rings. The highest BCUT2D eigenvalue weighted by atomic mass is 35.5. The zero-order valence-corrected chi connectivity index (χ0v) is 17.3. The van der Waals surface area contributed by atoms with Crippen LogP contribution in [-0.2, 0) is 9.59 Å². The normalized spacial score (nSPS) is 15.3. The first-order valence-corrected chi connectivity index (χ1v) is 10.4. The van der Waals surface area contributed by atoms with Crippen molar-refractivity contribution in [2.45, 2.75) is 6.92 Å². The first-order chi connectivity index (χ1) is 14.5. The quantitative estimate of drug-likeness (QED) is 0.590. The zero-order valence-electron chi connectivity index (χ0n) is 15.8. The number of fused-ring (bicyclic) bond motifs is 1. The Labute approximate surface area is 181 Å². The summed E-state index contributed by atoms with van der Waals surface area (Å²) in [5.41, 5.74) is 2.44. The van der Waals surface area contributed by atoms with Crippen molar-refractivity contribution in [3.63, 3.8) is 0 Å². The second-order valence-electron chi connectivity index (χ2n) is 6.80. The van der Waals surface area contributed by atoms with Crippen LogP contribution in [0.2, 0.25) is 5.02 Å². The van der Waals surface area contributed by atoms with Crippen LogP contribution in [0.4, 0.5) is 11.4 Å². The van der Waals surface area contributed by atoms with E-state index in [9.17, 15) is 9.59 Å². The Bertz CT molecular complexity index is 1220. The van der Waals surface area contributed by atoms with Gasteiger partial charge < -0.3 is 14.8 Å². The third kappa shape index (κ3) is 3.03. The number of carbonyl (C=O) groups excluding carboxylic acids is 2. The predicted octanol–water partition coefficient (Wildman–Crippen LogP) is 4.84. The van der Waals surface area contributed by atoms with E-state index in [1.165, 1.54) is 11.3 Å². The molecule has 0 spiro atoms. The number of imide groups is 1. The second-order valence-corrected chi connectivity index (χ2v) is 8.15. The molecule has 2 amide bonds. The SMILES string of the molecule is Cc1ccc(N2C(=O)C(Nc3ccc4c(c3)OCO4)=C(c3cccs3)C2=O)cc1Cl. The molecule has 30 heavy (non-hydrogen) atoms. The number of amides is 2. The molecular weight excluding hydrogens is 424 g/mol. The number of anilines is 2. The second kappa shape index (κ2) is 7.19. The predicted molar refractivity (Wildman–Crippen MR) is 116 cm³/mol. The number of nitrogens with zero attached hydrogens (tertiary/aromatic N) is 1. The summed E-state index contributed by atoms with van der Waals surface area (Å²) in [6.07, 6.45) is 0. The van der Waals surface area contributed by atoms with Gasteiger partial charge >= 0.3 is 0 Å². The maximum absolute atomic E-state index is 13.3. The van der Waals surface area contributed by atoms with Crippen LogP contribution in [0.1, 0.15) is 10.4 Å². The molecule has 8 heteroatoms. The summed E-state index contributed by atoms with van der Waals surface area (Å²) in [7, 11) is 0. The average Bonchev–Trinajstić information content (AvgIpc) is 3.45. The van der Waals surface area contributed by atoms with Gasteiger partial charge in [0, 0.05) is 21.7 Å². The van der Waals surface area contributed by atoms with E-state index in [1.807, 2.05) is 24.4 Å². The van der Waals surface area contributed by atoms with Gasteiger partial charge in [0.25, 0.3) is 11.8 Å². The van der Waals surface area contributed by atoms with Crippen molar-refractivity contribution in [1.82, 2.24) is 0 Å². The molecule has 0 saturated carbocycles. The molecule has 2 aliphatic heterocycles. The van der Waals surface area contributed by atoms with Gasteiger partial charge in [0.2, 0.25) is 6.79 Å². The Morgan fingerprint density at radius 3 is 2.63 bits per heavy atom. The summed E-state index contributed by atoms with van der Waals surface area (Å²) in [4.78, 5) is 28.5. The molecule has 150 valence electrons. The van der Waals surface area contributed by atoms with Crippen LogP contribution in [0, 0.1) is 6.92 Å². The molecule has 0 saturated heterocycles. The van der Waals surface area contributed by atoms with Crippen molar-refractivity contribution >= 4 is 51.7 Å². The lowest BCUT2D eigenvalue weighted by atomic mass is 10.1. The van der Waals surface area contributed by atoms with Gasteiger partial charge in [0.1, 0.15) is 5.70 Å². The smallest absolute Gasteiger partial charge is 0.282 e. The number of hydrogen-bond donors (Lipinski definition) is 1. The van der Waals surface area contributed by atoms with E-state index in [1.54, 1.807) is 36.4 Å². The van der Waals surface area contributed by atoms with Crippen molar-refractivity contribution in [1.29, 1.82) is 0 Å². The third-order valence-corrected chi connectivity index (χ3v) is 6.20. The molecule has 2 aromatic carbocycles. The highest BCUT2D eigenvalue weighted by Crippen LogP contribution is 2.39. The van der Waals surface area contributed by atoms with Gasteiger partial charge in [0.15, 0.2) is 11.5 Å². The van der Waals surface area contributed by atoms with Crippen molar-refractivity contribution < 1.29 is 19.1 Å². The summed E-state index contributed by atoms with van der Waals surface area (Å²) >= 11 is 7.64. The first-order valence-electron chi connectivity index (χ1n) is 9.12. The molecule has 1 aromatic heterocycles. The van der Waals surface area contributed by atoms with Crippen LogP contribution >= 0.6 is 22.9 Å². The number of halogens is 1. The monoisotopic (exact) mass is 438 g/mol. The summed E-state index contributed by atoms with van der Waals surface area (Å²) in [6, 6.07) is 14.1. The van der Waals surface area contributed by atoms with Gasteiger partial charge in [-0.25, -0.2) is 4.90 Å². The molecule has 0 aliphatic carbocycles. The molecule has 3 heterocycles. The molecule has 6 nitrogen and oxygen atoms in total. The van der Waals surface area contributed by atoms with Crippen LogP contribution in [0.25, 0.3) is 5.57 Å². The zero-order chi connectivity index (χ0) is 20.8. The summed E-state index contributed by atoms with van der Waals surface area (Å²) in [6.45, 7) is 2.02. The van der Waals surface area contributed by atoms with Crippen LogP contribution in [0.5, 0.6) is 11.5 Å². The molecule has 0 atom stereocenters. The topological polar surface area (TPSA) is 67.9 Å². The van der Waals surface area contributed by atoms with E-state index in [2.05, 4.69) is 5.32 Å². The Kier molecular flexibility index (Phi) is 4.49. The van der Waals surface area contributed by atoms with Gasteiger partial charge in [-0.3, -0.25) is 9.59 Å². The Hall–Kier alpha value is -3.29. The first kappa shape index (κ1) is 18.7. The molecule has 5 rings (SSSR count). The van der Waals surface area contributed by atoms with Crippen LogP contribution in [-0.4, -0.2) is 18.6 Å². The number of ether oxygens (including phenoxy) is 2. The molecule has 0 fully saturated rings. The third-order valence-electron chi connectivity index (χ3n) is 4.91. The molecule has 0 unspecified atom stereocenters. The molecule has 1 N–H and O–H groups in total. The van der Waals surface area contributed by atoms with E-state index in [-0.39, 0.29) is 12.5 Å². The maximum atomic E-state index is 13.3. The Morgan fingerprint density at radius 1 is 1.03 bits per heavy atom. The van der Waals surface area contributed by atoms with E-state index in [0.717, 1.165) is 10.5 Å². The van der Waals surface area contributed by atoms with Gasteiger partial charge in [-0.2, -0.15) is 0 Å². The lowest BCUT2D eigenvalue weighted by Crippen LogP contribution is -2.32. The molecule has 0 bridgehead atoms. The lowest BCUT2D eigenvalue weighted by Gasteiger charge is -2.16. The van der Waals surface area contributed by atoms with Crippen molar-refractivity contribution in [2.24, 2.45) is 0 Å². The summed E-state index contributed by atoms with van der Waals surface area (Å²) in [5.74, 6) is 0.376. The van der Waals surface area contributed by atoms with Crippen molar-refractivity contribution in [3.8, 4) is 11.5 Å². The van der Waals surface area contributed by atoms with Crippen molar-refractivity contribution in [2.75, 3.05) is 17.0 Å². The minimum absolute atomic E-state index is 0.154. The largest absolute Gasteiger partial charge is 0.454 e. The van der Waals surface area contributed by atoms with Gasteiger partial charge in [-0.05, 0) is 48.2 Å². The van der Waals surface area contributed by atoms with Crippen LogP contribution < -0.4 is 19.7 Å². The Balaban J connectivity index is 1.57. The van der Waals surface area contributed by atoms with Crippen LogP contribution in [0.3, 0.4) is 0 Å². The number of hydrogen-bond acceptors (Lipinski definition) is 6. The fourth-order valence-corrected chi connectivity index (χ4v) is 4.31. The number of aryl methyl sites for hydroxylation is 1. The fourth-order valence-electron chi connectivity index (χ4n) is 3.37. The van der Waals surface area contributed by atoms with Gasteiger partial charge in [-0.1, -0.05) is 23.7 Å². The minimum atomic E-state index is -0.444. The molecule has 0 radical (unpaired) electrons. The summed E-state index contributed by atoms with van der Waals surface area (Å²) < 4.78 is 10.7. The standard InChI is InChI=1S/C22H15ClN2O4S/c1-12-4-6-14(10-15(12)23)25-21(26)19(18-3-2-8-30-18)20(22(25)27)24-13-5-7-16-17(9-13)29-11-28-16/h2-10,24H,11H2,1H3. The lowest BCUT2D eigenvalue weighted by molar-refractivity contribution is -0.120. The molecular formula is C22H15ClN2O4S. The highest BCUT2D eigenvalue weighted by Gasteiger charge is 2.41. The fraction of sp³-hybridized carbons (Fsp3) is 0.0909. The average molecular weight is 439 g/mol. The summed E-state index contributed by atoms with van der Waals surface area (Å²) in [5, 5.41) is 5.47. The number of rotatable bonds is 4. The highest BCUT2D eigenvalue weighted by molar-refractivity contribution is 7.11. The number of thiophene rings is 1. The minimum Gasteiger partial charge on any atom is -0.454 e. The van der Waals surface area contributed by atoms with Gasteiger partial charge in [0.05, 0.1) is 11.3 Å². The number of nitrogens with one attached hydrogen (secondary N) is 1. The van der Waals surface area contributed by atoms with Crippen molar-refractivity contribution in [3.05, 3.63) is 75.1 Å². The number of benzene rings is 2. The molecule has 2 aliphatic rings. The van der Waals surface area contributed by atoms with E-state index in [0.29, 0.717) is 38.3 Å². The Morgan fingerprint density at radius 2 is 1.87 bits per heavy atom.